The first-order valence-corrected chi connectivity index (χ1v) is 6.50. The Kier molecular flexibility index (Phi) is 4.15. The summed E-state index contributed by atoms with van der Waals surface area (Å²) >= 11 is 1.71. The Morgan fingerprint density at radius 3 is 3.25 bits per heavy atom. The molecule has 0 saturated carbocycles. The lowest BCUT2D eigenvalue weighted by molar-refractivity contribution is 0.0601. The molecule has 1 aliphatic heterocycles. The molecule has 0 aliphatic carbocycles. The lowest BCUT2D eigenvalue weighted by Crippen LogP contribution is -2.48. The van der Waals surface area contributed by atoms with Gasteiger partial charge in [0.05, 0.1) is 31.6 Å². The van der Waals surface area contributed by atoms with E-state index in [9.17, 15) is 0 Å². The summed E-state index contributed by atoms with van der Waals surface area (Å²) in [7, 11) is 1.73. The molecule has 0 N–H and O–H groups in total. The van der Waals surface area contributed by atoms with E-state index >= 15 is 0 Å². The third-order valence-electron chi connectivity index (χ3n) is 2.73. The lowest BCUT2D eigenvalue weighted by Gasteiger charge is -2.34. The molecule has 2 heterocycles. The minimum absolute atomic E-state index is 0.301. The third-order valence-corrected chi connectivity index (χ3v) is 3.66. The number of rotatable bonds is 4. The van der Waals surface area contributed by atoms with Gasteiger partial charge >= 0.3 is 0 Å². The summed E-state index contributed by atoms with van der Waals surface area (Å²) in [5, 5.41) is 3.23. The van der Waals surface area contributed by atoms with Gasteiger partial charge in [0.25, 0.3) is 0 Å². The van der Waals surface area contributed by atoms with Crippen LogP contribution in [-0.4, -0.2) is 44.5 Å². The summed E-state index contributed by atoms with van der Waals surface area (Å²) < 4.78 is 10.7. The molecular formula is C11H18N2O2S. The molecule has 0 aromatic carbocycles. The zero-order valence-corrected chi connectivity index (χ0v) is 10.6. The zero-order chi connectivity index (χ0) is 11.4. The third kappa shape index (κ3) is 2.53. The van der Waals surface area contributed by atoms with Crippen LogP contribution < -0.4 is 4.90 Å². The topological polar surface area (TPSA) is 34.6 Å². The molecule has 1 fully saturated rings. The SMILES string of the molecule is CCc1csc(N2CCOCC2COC)n1. The second kappa shape index (κ2) is 5.61. The fourth-order valence-corrected chi connectivity index (χ4v) is 2.83. The van der Waals surface area contributed by atoms with E-state index in [4.69, 9.17) is 9.47 Å². The van der Waals surface area contributed by atoms with Crippen molar-refractivity contribution in [2.24, 2.45) is 0 Å². The van der Waals surface area contributed by atoms with Crippen molar-refractivity contribution in [3.8, 4) is 0 Å². The van der Waals surface area contributed by atoms with Crippen LogP contribution in [0.4, 0.5) is 5.13 Å². The fourth-order valence-electron chi connectivity index (χ4n) is 1.83. The van der Waals surface area contributed by atoms with E-state index < -0.39 is 0 Å². The number of methoxy groups -OCH3 is 1. The zero-order valence-electron chi connectivity index (χ0n) is 9.81. The van der Waals surface area contributed by atoms with Gasteiger partial charge in [0, 0.05) is 19.0 Å². The smallest absolute Gasteiger partial charge is 0.185 e. The Hall–Kier alpha value is -0.650. The van der Waals surface area contributed by atoms with Gasteiger partial charge < -0.3 is 14.4 Å². The van der Waals surface area contributed by atoms with Crippen LogP contribution in [0.3, 0.4) is 0 Å². The standard InChI is InChI=1S/C11H18N2O2S/c1-3-9-8-16-11(12-9)13-4-5-15-7-10(13)6-14-2/h8,10H,3-7H2,1-2H3. The van der Waals surface area contributed by atoms with E-state index in [1.54, 1.807) is 18.4 Å². The van der Waals surface area contributed by atoms with Gasteiger partial charge in [-0.3, -0.25) is 0 Å². The van der Waals surface area contributed by atoms with Crippen molar-refractivity contribution in [2.75, 3.05) is 38.4 Å². The molecule has 2 rings (SSSR count). The van der Waals surface area contributed by atoms with Gasteiger partial charge in [-0.15, -0.1) is 11.3 Å². The van der Waals surface area contributed by atoms with E-state index in [-0.39, 0.29) is 0 Å². The normalized spacial score (nSPS) is 21.4. The van der Waals surface area contributed by atoms with E-state index in [1.165, 1.54) is 5.69 Å². The average Bonchev–Trinajstić information content (AvgIpc) is 2.79. The Morgan fingerprint density at radius 2 is 2.56 bits per heavy atom. The highest BCUT2D eigenvalue weighted by molar-refractivity contribution is 7.13. The molecule has 0 spiro atoms. The highest BCUT2D eigenvalue weighted by Gasteiger charge is 2.25. The summed E-state index contributed by atoms with van der Waals surface area (Å²) in [6, 6.07) is 0.301. The second-order valence-corrected chi connectivity index (χ2v) is 4.69. The summed E-state index contributed by atoms with van der Waals surface area (Å²) in [6.07, 6.45) is 0.996. The number of thiazole rings is 1. The van der Waals surface area contributed by atoms with E-state index in [2.05, 4.69) is 22.2 Å². The average molecular weight is 242 g/mol. The van der Waals surface area contributed by atoms with Gasteiger partial charge in [0.1, 0.15) is 0 Å². The van der Waals surface area contributed by atoms with Crippen LogP contribution in [0.5, 0.6) is 0 Å². The molecule has 5 heteroatoms. The Morgan fingerprint density at radius 1 is 1.69 bits per heavy atom. The van der Waals surface area contributed by atoms with Crippen molar-refractivity contribution in [3.05, 3.63) is 11.1 Å². The molecule has 1 saturated heterocycles. The molecule has 4 nitrogen and oxygen atoms in total. The summed E-state index contributed by atoms with van der Waals surface area (Å²) in [5.74, 6) is 0. The first kappa shape index (κ1) is 11.8. The molecule has 1 aromatic heterocycles. The number of aromatic nitrogens is 1. The van der Waals surface area contributed by atoms with Crippen LogP contribution in [0.1, 0.15) is 12.6 Å². The number of aryl methyl sites for hydroxylation is 1. The first-order chi connectivity index (χ1) is 7.85. The predicted molar refractivity (Wildman–Crippen MR) is 65.3 cm³/mol. The van der Waals surface area contributed by atoms with Crippen LogP contribution in [-0.2, 0) is 15.9 Å². The number of hydrogen-bond donors (Lipinski definition) is 0. The van der Waals surface area contributed by atoms with Crippen LogP contribution >= 0.6 is 11.3 Å². The molecule has 0 radical (unpaired) electrons. The van der Waals surface area contributed by atoms with Crippen molar-refractivity contribution < 1.29 is 9.47 Å². The first-order valence-electron chi connectivity index (χ1n) is 5.63. The highest BCUT2D eigenvalue weighted by atomic mass is 32.1. The van der Waals surface area contributed by atoms with Crippen molar-refractivity contribution in [1.82, 2.24) is 4.98 Å². The molecular weight excluding hydrogens is 224 g/mol. The maximum Gasteiger partial charge on any atom is 0.185 e. The van der Waals surface area contributed by atoms with Gasteiger partial charge in [0.2, 0.25) is 0 Å². The van der Waals surface area contributed by atoms with E-state index in [0.29, 0.717) is 12.6 Å². The fraction of sp³-hybridized carbons (Fsp3) is 0.727. The molecule has 1 unspecified atom stereocenters. The van der Waals surface area contributed by atoms with Crippen LogP contribution in [0.25, 0.3) is 0 Å². The van der Waals surface area contributed by atoms with Gasteiger partial charge in [-0.05, 0) is 6.42 Å². The molecule has 90 valence electrons. The number of anilines is 1. The molecule has 1 aromatic rings. The van der Waals surface area contributed by atoms with E-state index in [0.717, 1.165) is 31.3 Å². The quantitative estimate of drug-likeness (QED) is 0.802. The van der Waals surface area contributed by atoms with Crippen molar-refractivity contribution in [1.29, 1.82) is 0 Å². The number of hydrogen-bond acceptors (Lipinski definition) is 5. The maximum atomic E-state index is 5.47. The monoisotopic (exact) mass is 242 g/mol. The number of ether oxygens (including phenoxy) is 2. The molecule has 1 atom stereocenters. The van der Waals surface area contributed by atoms with Crippen molar-refractivity contribution in [2.45, 2.75) is 19.4 Å². The van der Waals surface area contributed by atoms with E-state index in [1.807, 2.05) is 0 Å². The van der Waals surface area contributed by atoms with Gasteiger partial charge in [-0.25, -0.2) is 4.98 Å². The van der Waals surface area contributed by atoms with Crippen molar-refractivity contribution in [3.63, 3.8) is 0 Å². The minimum Gasteiger partial charge on any atom is -0.382 e. The van der Waals surface area contributed by atoms with Crippen molar-refractivity contribution >= 4 is 16.5 Å². The Labute approximate surface area is 100 Å². The predicted octanol–water partition coefficient (Wildman–Crippen LogP) is 1.56. The Balaban J connectivity index is 2.09. The lowest BCUT2D eigenvalue weighted by atomic mass is 10.2. The molecule has 0 bridgehead atoms. The maximum absolute atomic E-state index is 5.47. The molecule has 0 amide bonds. The van der Waals surface area contributed by atoms with Gasteiger partial charge in [-0.2, -0.15) is 0 Å². The Bertz CT molecular complexity index is 328. The molecule has 1 aliphatic rings. The van der Waals surface area contributed by atoms with Crippen LogP contribution in [0.15, 0.2) is 5.38 Å². The largest absolute Gasteiger partial charge is 0.382 e. The van der Waals surface area contributed by atoms with Crippen LogP contribution in [0, 0.1) is 0 Å². The second-order valence-electron chi connectivity index (χ2n) is 3.85. The minimum atomic E-state index is 0.301. The number of morpholine rings is 1. The molecule has 16 heavy (non-hydrogen) atoms. The summed E-state index contributed by atoms with van der Waals surface area (Å²) in [6.45, 7) is 5.24. The highest BCUT2D eigenvalue weighted by Crippen LogP contribution is 2.24. The summed E-state index contributed by atoms with van der Waals surface area (Å²) in [4.78, 5) is 6.92. The number of nitrogens with zero attached hydrogens (tertiary/aromatic N) is 2. The van der Waals surface area contributed by atoms with Crippen LogP contribution in [0.2, 0.25) is 0 Å². The summed E-state index contributed by atoms with van der Waals surface area (Å²) in [5.41, 5.74) is 1.17. The van der Waals surface area contributed by atoms with Gasteiger partial charge in [0.15, 0.2) is 5.13 Å². The van der Waals surface area contributed by atoms with Gasteiger partial charge in [-0.1, -0.05) is 6.92 Å².